The minimum absolute atomic E-state index is 0.0395. The van der Waals surface area contributed by atoms with Crippen molar-refractivity contribution in [3.05, 3.63) is 42.5 Å². The fraction of sp³-hybridized carbons (Fsp3) is 0.308. The summed E-state index contributed by atoms with van der Waals surface area (Å²) >= 11 is 4.23. The number of carbonyl (C=O) groups is 1. The molecular formula is C13H17NOS. The molecule has 0 fully saturated rings. The van der Waals surface area contributed by atoms with E-state index in [1.165, 1.54) is 0 Å². The molecule has 0 unspecified atom stereocenters. The highest BCUT2D eigenvalue weighted by Gasteiger charge is 2.13. The molecule has 0 bridgehead atoms. The van der Waals surface area contributed by atoms with Gasteiger partial charge in [0.25, 0.3) is 5.91 Å². The molecule has 1 rings (SSSR count). The van der Waals surface area contributed by atoms with Crippen molar-refractivity contribution in [1.29, 1.82) is 0 Å². The largest absolute Gasteiger partial charge is 0.335 e. The van der Waals surface area contributed by atoms with E-state index in [4.69, 9.17) is 0 Å². The van der Waals surface area contributed by atoms with Crippen molar-refractivity contribution in [3.63, 3.8) is 0 Å². The first-order valence-electron chi connectivity index (χ1n) is 5.38. The average Bonchev–Trinajstić information content (AvgIpc) is 2.28. The van der Waals surface area contributed by atoms with Gasteiger partial charge in [-0.1, -0.05) is 19.1 Å². The zero-order valence-corrected chi connectivity index (χ0v) is 10.4. The van der Waals surface area contributed by atoms with Gasteiger partial charge in [0.15, 0.2) is 0 Å². The number of benzene rings is 1. The summed E-state index contributed by atoms with van der Waals surface area (Å²) in [5.41, 5.74) is 0.683. The van der Waals surface area contributed by atoms with Crippen LogP contribution >= 0.6 is 12.6 Å². The van der Waals surface area contributed by atoms with Crippen LogP contribution in [0.3, 0.4) is 0 Å². The molecule has 3 heteroatoms. The Hall–Kier alpha value is -1.22. The second-order valence-corrected chi connectivity index (χ2v) is 4.11. The summed E-state index contributed by atoms with van der Waals surface area (Å²) < 4.78 is 0. The standard InChI is InChI=1S/C13H17NOS/c1-3-8-14(9-4-2)13(15)11-6-5-7-12(16)10-11/h3,5-7,10,16H,1,4,8-9H2,2H3. The summed E-state index contributed by atoms with van der Waals surface area (Å²) in [4.78, 5) is 14.7. The molecule has 16 heavy (non-hydrogen) atoms. The van der Waals surface area contributed by atoms with Gasteiger partial charge in [0.2, 0.25) is 0 Å². The molecule has 0 aliphatic heterocycles. The lowest BCUT2D eigenvalue weighted by molar-refractivity contribution is 0.0773. The topological polar surface area (TPSA) is 20.3 Å². The molecule has 0 radical (unpaired) electrons. The Morgan fingerprint density at radius 2 is 2.31 bits per heavy atom. The van der Waals surface area contributed by atoms with Gasteiger partial charge in [-0.05, 0) is 24.6 Å². The molecule has 0 aliphatic rings. The molecular weight excluding hydrogens is 218 g/mol. The van der Waals surface area contributed by atoms with Crippen LogP contribution in [0.15, 0.2) is 41.8 Å². The molecule has 0 heterocycles. The normalized spacial score (nSPS) is 9.88. The van der Waals surface area contributed by atoms with Gasteiger partial charge < -0.3 is 4.90 Å². The van der Waals surface area contributed by atoms with Gasteiger partial charge in [0.05, 0.1) is 0 Å². The fourth-order valence-corrected chi connectivity index (χ4v) is 1.75. The lowest BCUT2D eigenvalue weighted by Crippen LogP contribution is -2.31. The van der Waals surface area contributed by atoms with Crippen LogP contribution in [-0.4, -0.2) is 23.9 Å². The quantitative estimate of drug-likeness (QED) is 0.614. The molecule has 0 aliphatic carbocycles. The zero-order chi connectivity index (χ0) is 12.0. The van der Waals surface area contributed by atoms with E-state index >= 15 is 0 Å². The molecule has 0 saturated heterocycles. The first-order chi connectivity index (χ1) is 7.69. The van der Waals surface area contributed by atoms with Gasteiger partial charge in [-0.2, -0.15) is 0 Å². The summed E-state index contributed by atoms with van der Waals surface area (Å²) in [6.45, 7) is 7.06. The first kappa shape index (κ1) is 12.8. The van der Waals surface area contributed by atoms with E-state index in [-0.39, 0.29) is 5.91 Å². The van der Waals surface area contributed by atoms with Crippen molar-refractivity contribution < 1.29 is 4.79 Å². The van der Waals surface area contributed by atoms with Gasteiger partial charge in [-0.25, -0.2) is 0 Å². The number of nitrogens with zero attached hydrogens (tertiary/aromatic N) is 1. The van der Waals surface area contributed by atoms with Gasteiger partial charge in [0, 0.05) is 23.5 Å². The van der Waals surface area contributed by atoms with Crippen LogP contribution in [0, 0.1) is 0 Å². The SMILES string of the molecule is C=CCN(CCC)C(=O)c1cccc(S)c1. The van der Waals surface area contributed by atoms with Crippen molar-refractivity contribution >= 4 is 18.5 Å². The van der Waals surface area contributed by atoms with Crippen LogP contribution in [0.4, 0.5) is 0 Å². The van der Waals surface area contributed by atoms with Crippen LogP contribution < -0.4 is 0 Å². The Morgan fingerprint density at radius 1 is 1.56 bits per heavy atom. The number of hydrogen-bond donors (Lipinski definition) is 1. The van der Waals surface area contributed by atoms with E-state index in [0.717, 1.165) is 17.9 Å². The first-order valence-corrected chi connectivity index (χ1v) is 5.83. The van der Waals surface area contributed by atoms with Crippen molar-refractivity contribution in [2.45, 2.75) is 18.2 Å². The van der Waals surface area contributed by atoms with E-state index in [1.54, 1.807) is 17.0 Å². The predicted molar refractivity (Wildman–Crippen MR) is 70.1 cm³/mol. The molecule has 0 atom stereocenters. The molecule has 0 saturated carbocycles. The minimum atomic E-state index is 0.0395. The minimum Gasteiger partial charge on any atom is -0.335 e. The zero-order valence-electron chi connectivity index (χ0n) is 9.52. The number of carbonyl (C=O) groups excluding carboxylic acids is 1. The maximum atomic E-state index is 12.1. The van der Waals surface area contributed by atoms with Crippen LogP contribution in [0.1, 0.15) is 23.7 Å². The number of thiol groups is 1. The van der Waals surface area contributed by atoms with E-state index in [1.807, 2.05) is 18.2 Å². The van der Waals surface area contributed by atoms with Crippen molar-refractivity contribution in [3.8, 4) is 0 Å². The summed E-state index contributed by atoms with van der Waals surface area (Å²) in [7, 11) is 0. The summed E-state index contributed by atoms with van der Waals surface area (Å²) in [6.07, 6.45) is 2.69. The van der Waals surface area contributed by atoms with Gasteiger partial charge in [0.1, 0.15) is 0 Å². The monoisotopic (exact) mass is 235 g/mol. The van der Waals surface area contributed by atoms with Crippen LogP contribution in [0.2, 0.25) is 0 Å². The Kier molecular flexibility index (Phi) is 5.12. The second-order valence-electron chi connectivity index (χ2n) is 3.59. The number of rotatable bonds is 5. The van der Waals surface area contributed by atoms with Crippen molar-refractivity contribution in [1.82, 2.24) is 4.90 Å². The Balaban J connectivity index is 2.85. The Labute approximate surface area is 102 Å². The maximum Gasteiger partial charge on any atom is 0.254 e. The molecule has 0 spiro atoms. The molecule has 0 aromatic heterocycles. The predicted octanol–water partition coefficient (Wildman–Crippen LogP) is 3.01. The van der Waals surface area contributed by atoms with Crippen LogP contribution in [-0.2, 0) is 0 Å². The van der Waals surface area contributed by atoms with Gasteiger partial charge in [-0.3, -0.25) is 4.79 Å². The second kappa shape index (κ2) is 6.38. The number of amides is 1. The molecule has 1 aromatic rings. The average molecular weight is 235 g/mol. The highest BCUT2D eigenvalue weighted by Crippen LogP contribution is 2.11. The molecule has 1 aromatic carbocycles. The Bertz CT molecular complexity index is 376. The summed E-state index contributed by atoms with van der Waals surface area (Å²) in [6, 6.07) is 7.30. The van der Waals surface area contributed by atoms with E-state index in [9.17, 15) is 4.79 Å². The lowest BCUT2D eigenvalue weighted by Gasteiger charge is -2.20. The third-order valence-corrected chi connectivity index (χ3v) is 2.50. The van der Waals surface area contributed by atoms with Gasteiger partial charge in [-0.15, -0.1) is 19.2 Å². The van der Waals surface area contributed by atoms with Crippen LogP contribution in [0.5, 0.6) is 0 Å². The highest BCUT2D eigenvalue weighted by atomic mass is 32.1. The van der Waals surface area contributed by atoms with Gasteiger partial charge >= 0.3 is 0 Å². The third kappa shape index (κ3) is 3.42. The summed E-state index contributed by atoms with van der Waals surface area (Å²) in [5.74, 6) is 0.0395. The molecule has 1 amide bonds. The third-order valence-electron chi connectivity index (χ3n) is 2.22. The highest BCUT2D eigenvalue weighted by molar-refractivity contribution is 7.80. The van der Waals surface area contributed by atoms with Crippen molar-refractivity contribution in [2.75, 3.05) is 13.1 Å². The molecule has 2 nitrogen and oxygen atoms in total. The molecule has 86 valence electrons. The van der Waals surface area contributed by atoms with E-state index in [2.05, 4.69) is 26.1 Å². The fourth-order valence-electron chi connectivity index (χ4n) is 1.52. The van der Waals surface area contributed by atoms with E-state index in [0.29, 0.717) is 12.1 Å². The number of hydrogen-bond acceptors (Lipinski definition) is 2. The lowest BCUT2D eigenvalue weighted by atomic mass is 10.2. The summed E-state index contributed by atoms with van der Waals surface area (Å²) in [5, 5.41) is 0. The van der Waals surface area contributed by atoms with E-state index < -0.39 is 0 Å². The Morgan fingerprint density at radius 3 is 2.88 bits per heavy atom. The smallest absolute Gasteiger partial charge is 0.254 e. The maximum absolute atomic E-state index is 12.1. The molecule has 0 N–H and O–H groups in total. The van der Waals surface area contributed by atoms with Crippen molar-refractivity contribution in [2.24, 2.45) is 0 Å². The van der Waals surface area contributed by atoms with Crippen LogP contribution in [0.25, 0.3) is 0 Å².